The van der Waals surface area contributed by atoms with Crippen LogP contribution in [0.5, 0.6) is 0 Å². The summed E-state index contributed by atoms with van der Waals surface area (Å²) in [6.45, 7) is 0.310. The minimum Gasteiger partial charge on any atom is -0.369 e. The highest BCUT2D eigenvalue weighted by atomic mass is 16.2. The van der Waals surface area contributed by atoms with Crippen molar-refractivity contribution in [1.82, 2.24) is 10.2 Å². The lowest BCUT2D eigenvalue weighted by Crippen LogP contribution is -2.38. The molecule has 0 aromatic heterocycles. The first-order valence-corrected chi connectivity index (χ1v) is 8.27. The Balaban J connectivity index is 1.69. The molecule has 1 aliphatic rings. The molecular formula is C19H20N4O3. The van der Waals surface area contributed by atoms with E-state index in [1.807, 2.05) is 60.5 Å². The third kappa shape index (κ3) is 4.00. The van der Waals surface area contributed by atoms with Gasteiger partial charge in [-0.3, -0.25) is 14.5 Å². The number of nitrogens with one attached hydrogen (secondary N) is 2. The van der Waals surface area contributed by atoms with Gasteiger partial charge in [0.15, 0.2) is 0 Å². The summed E-state index contributed by atoms with van der Waals surface area (Å²) in [4.78, 5) is 38.4. The average molecular weight is 352 g/mol. The summed E-state index contributed by atoms with van der Waals surface area (Å²) < 4.78 is 0. The predicted octanol–water partition coefficient (Wildman–Crippen LogP) is 1.81. The summed E-state index contributed by atoms with van der Waals surface area (Å²) in [6, 6.07) is 16.9. The molecule has 2 aromatic rings. The van der Waals surface area contributed by atoms with Crippen molar-refractivity contribution in [2.24, 2.45) is 0 Å². The molecule has 0 spiro atoms. The van der Waals surface area contributed by atoms with Crippen molar-refractivity contribution in [2.45, 2.75) is 6.54 Å². The standard InChI is InChI=1S/C19H20N4O3/c1-22(12-14-7-3-2-4-8-14)16-10-6-5-9-15(16)21-17(24)13-23-18(25)11-20-19(23)26/h2-10H,11-13H2,1H3,(H,20,26)(H,21,24). The number of para-hydroxylation sites is 2. The third-order valence-electron chi connectivity index (χ3n) is 4.09. The van der Waals surface area contributed by atoms with Gasteiger partial charge in [-0.05, 0) is 17.7 Å². The summed E-state index contributed by atoms with van der Waals surface area (Å²) in [5.74, 6) is -0.824. The van der Waals surface area contributed by atoms with Crippen molar-refractivity contribution in [3.8, 4) is 0 Å². The van der Waals surface area contributed by atoms with E-state index < -0.39 is 17.8 Å². The second-order valence-electron chi connectivity index (χ2n) is 6.05. The highest BCUT2D eigenvalue weighted by Gasteiger charge is 2.30. The second-order valence-corrected chi connectivity index (χ2v) is 6.05. The van der Waals surface area contributed by atoms with E-state index in [1.165, 1.54) is 0 Å². The summed E-state index contributed by atoms with van der Waals surface area (Å²) in [5, 5.41) is 5.19. The number of nitrogens with zero attached hydrogens (tertiary/aromatic N) is 2. The van der Waals surface area contributed by atoms with Crippen LogP contribution in [0.25, 0.3) is 0 Å². The number of carbonyl (C=O) groups excluding carboxylic acids is 3. The molecule has 1 fully saturated rings. The quantitative estimate of drug-likeness (QED) is 0.777. The molecule has 7 nitrogen and oxygen atoms in total. The molecule has 1 aliphatic heterocycles. The van der Waals surface area contributed by atoms with Crippen LogP contribution in [0.3, 0.4) is 0 Å². The number of hydrogen-bond donors (Lipinski definition) is 2. The topological polar surface area (TPSA) is 81.8 Å². The number of anilines is 2. The van der Waals surface area contributed by atoms with Crippen LogP contribution in [-0.4, -0.2) is 42.9 Å². The van der Waals surface area contributed by atoms with Gasteiger partial charge in [0.25, 0.3) is 5.91 Å². The number of rotatable bonds is 6. The largest absolute Gasteiger partial charge is 0.369 e. The minimum atomic E-state index is -0.542. The van der Waals surface area contributed by atoms with Crippen LogP contribution in [0, 0.1) is 0 Å². The molecule has 3 rings (SSSR count). The number of hydrogen-bond acceptors (Lipinski definition) is 4. The van der Waals surface area contributed by atoms with E-state index in [9.17, 15) is 14.4 Å². The number of carbonyl (C=O) groups is 3. The average Bonchev–Trinajstić information content (AvgIpc) is 2.95. The van der Waals surface area contributed by atoms with Crippen molar-refractivity contribution < 1.29 is 14.4 Å². The Morgan fingerprint density at radius 2 is 1.81 bits per heavy atom. The van der Waals surface area contributed by atoms with Crippen LogP contribution in [0.2, 0.25) is 0 Å². The van der Waals surface area contributed by atoms with E-state index >= 15 is 0 Å². The molecule has 26 heavy (non-hydrogen) atoms. The Bertz CT molecular complexity index is 807. The summed E-state index contributed by atoms with van der Waals surface area (Å²) >= 11 is 0. The molecule has 0 saturated carbocycles. The van der Waals surface area contributed by atoms with Crippen LogP contribution in [-0.2, 0) is 16.1 Å². The lowest BCUT2D eigenvalue weighted by Gasteiger charge is -2.23. The molecule has 0 aliphatic carbocycles. The number of amides is 4. The molecule has 1 saturated heterocycles. The van der Waals surface area contributed by atoms with Crippen LogP contribution in [0.1, 0.15) is 5.56 Å². The maximum absolute atomic E-state index is 12.3. The van der Waals surface area contributed by atoms with Gasteiger partial charge in [-0.25, -0.2) is 4.79 Å². The van der Waals surface area contributed by atoms with E-state index in [0.29, 0.717) is 12.2 Å². The monoisotopic (exact) mass is 352 g/mol. The number of benzene rings is 2. The SMILES string of the molecule is CN(Cc1ccccc1)c1ccccc1NC(=O)CN1C(=O)CNC1=O. The zero-order chi connectivity index (χ0) is 18.5. The molecule has 0 unspecified atom stereocenters. The summed E-state index contributed by atoms with van der Waals surface area (Å²) in [7, 11) is 1.94. The maximum Gasteiger partial charge on any atom is 0.325 e. The Morgan fingerprint density at radius 1 is 1.12 bits per heavy atom. The fourth-order valence-electron chi connectivity index (χ4n) is 2.80. The molecular weight excluding hydrogens is 332 g/mol. The fourth-order valence-corrected chi connectivity index (χ4v) is 2.80. The molecule has 0 bridgehead atoms. The van der Waals surface area contributed by atoms with Crippen molar-refractivity contribution in [3.63, 3.8) is 0 Å². The third-order valence-corrected chi connectivity index (χ3v) is 4.09. The van der Waals surface area contributed by atoms with Crippen molar-refractivity contribution in [1.29, 1.82) is 0 Å². The molecule has 4 amide bonds. The van der Waals surface area contributed by atoms with Crippen LogP contribution < -0.4 is 15.5 Å². The van der Waals surface area contributed by atoms with Gasteiger partial charge < -0.3 is 15.5 Å². The Hall–Kier alpha value is -3.35. The van der Waals surface area contributed by atoms with Gasteiger partial charge in [0.1, 0.15) is 6.54 Å². The van der Waals surface area contributed by atoms with Gasteiger partial charge in [0.2, 0.25) is 5.91 Å². The van der Waals surface area contributed by atoms with E-state index in [-0.39, 0.29) is 13.1 Å². The van der Waals surface area contributed by atoms with Crippen LogP contribution >= 0.6 is 0 Å². The van der Waals surface area contributed by atoms with E-state index in [0.717, 1.165) is 16.2 Å². The lowest BCUT2D eigenvalue weighted by atomic mass is 10.2. The maximum atomic E-state index is 12.3. The summed E-state index contributed by atoms with van der Waals surface area (Å²) in [5.41, 5.74) is 2.63. The van der Waals surface area contributed by atoms with E-state index in [1.54, 1.807) is 6.07 Å². The Morgan fingerprint density at radius 3 is 2.50 bits per heavy atom. The second kappa shape index (κ2) is 7.69. The summed E-state index contributed by atoms with van der Waals surface area (Å²) in [6.07, 6.45) is 0. The van der Waals surface area contributed by atoms with Gasteiger partial charge >= 0.3 is 6.03 Å². The van der Waals surface area contributed by atoms with Crippen LogP contribution in [0.15, 0.2) is 54.6 Å². The first kappa shape index (κ1) is 17.5. The van der Waals surface area contributed by atoms with Gasteiger partial charge in [-0.2, -0.15) is 0 Å². The highest BCUT2D eigenvalue weighted by molar-refractivity contribution is 6.06. The van der Waals surface area contributed by atoms with Crippen molar-refractivity contribution >= 4 is 29.2 Å². The number of urea groups is 1. The molecule has 0 radical (unpaired) electrons. The fraction of sp³-hybridized carbons (Fsp3) is 0.211. The smallest absolute Gasteiger partial charge is 0.325 e. The Kier molecular flexibility index (Phi) is 5.17. The van der Waals surface area contributed by atoms with Gasteiger partial charge in [-0.1, -0.05) is 42.5 Å². The van der Waals surface area contributed by atoms with E-state index in [4.69, 9.17) is 0 Å². The van der Waals surface area contributed by atoms with Crippen molar-refractivity contribution in [2.75, 3.05) is 30.4 Å². The van der Waals surface area contributed by atoms with Crippen molar-refractivity contribution in [3.05, 3.63) is 60.2 Å². The minimum absolute atomic E-state index is 0.0670. The van der Waals surface area contributed by atoms with E-state index in [2.05, 4.69) is 10.6 Å². The first-order chi connectivity index (χ1) is 12.5. The highest BCUT2D eigenvalue weighted by Crippen LogP contribution is 2.26. The van der Waals surface area contributed by atoms with Crippen LogP contribution in [0.4, 0.5) is 16.2 Å². The predicted molar refractivity (Wildman–Crippen MR) is 98.7 cm³/mol. The first-order valence-electron chi connectivity index (χ1n) is 8.27. The Labute approximate surface area is 151 Å². The lowest BCUT2D eigenvalue weighted by molar-refractivity contribution is -0.128. The van der Waals surface area contributed by atoms with Gasteiger partial charge in [0.05, 0.1) is 17.9 Å². The van der Waals surface area contributed by atoms with Gasteiger partial charge in [0, 0.05) is 13.6 Å². The molecule has 134 valence electrons. The zero-order valence-corrected chi connectivity index (χ0v) is 14.4. The molecule has 2 N–H and O–H groups in total. The molecule has 2 aromatic carbocycles. The number of imide groups is 1. The normalized spacial score (nSPS) is 13.5. The zero-order valence-electron chi connectivity index (χ0n) is 14.4. The molecule has 7 heteroatoms. The van der Waals surface area contributed by atoms with Gasteiger partial charge in [-0.15, -0.1) is 0 Å². The molecule has 0 atom stereocenters. The molecule has 1 heterocycles.